The molecule has 1 aliphatic carbocycles. The third-order valence-electron chi connectivity index (χ3n) is 3.45. The molecule has 0 aromatic heterocycles. The third-order valence-corrected chi connectivity index (χ3v) is 3.45. The number of ketones is 1. The molecule has 0 heterocycles. The average molecular weight is 218 g/mol. The van der Waals surface area contributed by atoms with Crippen LogP contribution in [0.5, 0.6) is 5.75 Å². The van der Waals surface area contributed by atoms with Gasteiger partial charge < -0.3 is 4.74 Å². The number of carbonyl (C=O) groups is 1. The lowest BCUT2D eigenvalue weighted by atomic mass is 9.88. The molecule has 0 amide bonds. The number of Topliss-reactive ketones (excluding diaryl/α,β-unsaturated/α-hetero) is 1. The van der Waals surface area contributed by atoms with Gasteiger partial charge in [0.25, 0.3) is 0 Å². The van der Waals surface area contributed by atoms with Crippen LogP contribution in [0.1, 0.15) is 37.8 Å². The smallest absolute Gasteiger partial charge is 0.140 e. The van der Waals surface area contributed by atoms with E-state index in [0.717, 1.165) is 18.6 Å². The quantitative estimate of drug-likeness (QED) is 0.776. The molecule has 0 atom stereocenters. The van der Waals surface area contributed by atoms with E-state index in [0.29, 0.717) is 12.4 Å². The van der Waals surface area contributed by atoms with Crippen LogP contribution in [0.25, 0.3) is 0 Å². The Morgan fingerprint density at radius 3 is 2.56 bits per heavy atom. The summed E-state index contributed by atoms with van der Waals surface area (Å²) in [6.07, 6.45) is 1.99. The van der Waals surface area contributed by atoms with E-state index in [-0.39, 0.29) is 5.41 Å². The molecule has 0 spiro atoms. The fraction of sp³-hybridized carbons (Fsp3) is 0.500. The van der Waals surface area contributed by atoms with Gasteiger partial charge in [0.2, 0.25) is 0 Å². The van der Waals surface area contributed by atoms with Gasteiger partial charge in [-0.2, -0.15) is 0 Å². The number of benzene rings is 1. The molecule has 16 heavy (non-hydrogen) atoms. The van der Waals surface area contributed by atoms with E-state index in [9.17, 15) is 4.79 Å². The Balaban J connectivity index is 2.33. The molecule has 0 unspecified atom stereocenters. The van der Waals surface area contributed by atoms with E-state index in [1.54, 1.807) is 6.92 Å². The number of ether oxygens (including phenoxy) is 1. The van der Waals surface area contributed by atoms with Gasteiger partial charge in [-0.15, -0.1) is 0 Å². The molecular formula is C14H18O2. The predicted molar refractivity (Wildman–Crippen MR) is 63.9 cm³/mol. The van der Waals surface area contributed by atoms with Crippen molar-refractivity contribution in [1.29, 1.82) is 0 Å². The first-order chi connectivity index (χ1) is 7.60. The molecular weight excluding hydrogens is 200 g/mol. The highest BCUT2D eigenvalue weighted by molar-refractivity contribution is 5.91. The van der Waals surface area contributed by atoms with Crippen LogP contribution in [-0.4, -0.2) is 12.4 Å². The number of hydrogen-bond donors (Lipinski definition) is 0. The maximum absolute atomic E-state index is 11.7. The van der Waals surface area contributed by atoms with Gasteiger partial charge in [-0.1, -0.05) is 6.07 Å². The minimum Gasteiger partial charge on any atom is -0.494 e. The van der Waals surface area contributed by atoms with Crippen molar-refractivity contribution >= 4 is 5.78 Å². The van der Waals surface area contributed by atoms with Crippen LogP contribution in [0.2, 0.25) is 0 Å². The molecule has 0 saturated heterocycles. The van der Waals surface area contributed by atoms with Gasteiger partial charge in [-0.3, -0.25) is 4.79 Å². The maximum Gasteiger partial charge on any atom is 0.140 e. The van der Waals surface area contributed by atoms with Crippen molar-refractivity contribution in [3.05, 3.63) is 29.3 Å². The zero-order valence-electron chi connectivity index (χ0n) is 10.2. The standard InChI is InChI=1S/C14H18O2/c1-4-16-12-5-6-13(10(2)9-12)14(7-8-14)11(3)15/h5-6,9H,4,7-8H2,1-3H3. The minimum atomic E-state index is -0.172. The summed E-state index contributed by atoms with van der Waals surface area (Å²) in [6.45, 7) is 6.40. The lowest BCUT2D eigenvalue weighted by Gasteiger charge is -2.16. The number of aryl methyl sites for hydroxylation is 1. The van der Waals surface area contributed by atoms with Crippen molar-refractivity contribution in [2.75, 3.05) is 6.61 Å². The summed E-state index contributed by atoms with van der Waals surface area (Å²) >= 11 is 0. The summed E-state index contributed by atoms with van der Waals surface area (Å²) in [5, 5.41) is 0. The highest BCUT2D eigenvalue weighted by Crippen LogP contribution is 2.50. The molecule has 1 aliphatic rings. The van der Waals surface area contributed by atoms with Crippen LogP contribution in [0.15, 0.2) is 18.2 Å². The Morgan fingerprint density at radius 2 is 2.12 bits per heavy atom. The fourth-order valence-electron chi connectivity index (χ4n) is 2.37. The molecule has 1 fully saturated rings. The molecule has 1 aromatic carbocycles. The molecule has 0 N–H and O–H groups in total. The summed E-state index contributed by atoms with van der Waals surface area (Å²) in [5.41, 5.74) is 2.18. The van der Waals surface area contributed by atoms with E-state index in [1.165, 1.54) is 11.1 Å². The second-order valence-electron chi connectivity index (χ2n) is 4.55. The zero-order valence-corrected chi connectivity index (χ0v) is 10.2. The van der Waals surface area contributed by atoms with E-state index in [4.69, 9.17) is 4.74 Å². The van der Waals surface area contributed by atoms with Gasteiger partial charge in [-0.25, -0.2) is 0 Å². The third kappa shape index (κ3) is 1.73. The van der Waals surface area contributed by atoms with Crippen LogP contribution in [0.4, 0.5) is 0 Å². The van der Waals surface area contributed by atoms with Crippen LogP contribution >= 0.6 is 0 Å². The summed E-state index contributed by atoms with van der Waals surface area (Å²) in [4.78, 5) is 11.7. The second-order valence-corrected chi connectivity index (χ2v) is 4.55. The van der Waals surface area contributed by atoms with Crippen molar-refractivity contribution in [3.8, 4) is 5.75 Å². The summed E-state index contributed by atoms with van der Waals surface area (Å²) in [6, 6.07) is 6.05. The van der Waals surface area contributed by atoms with Crippen LogP contribution < -0.4 is 4.74 Å². The number of hydrogen-bond acceptors (Lipinski definition) is 2. The molecule has 2 heteroatoms. The zero-order chi connectivity index (χ0) is 11.8. The molecule has 1 saturated carbocycles. The Bertz CT molecular complexity index is 417. The monoisotopic (exact) mass is 218 g/mol. The fourth-order valence-corrected chi connectivity index (χ4v) is 2.37. The molecule has 86 valence electrons. The number of rotatable bonds is 4. The summed E-state index contributed by atoms with van der Waals surface area (Å²) in [5.74, 6) is 1.18. The summed E-state index contributed by atoms with van der Waals surface area (Å²) < 4.78 is 5.45. The van der Waals surface area contributed by atoms with E-state index >= 15 is 0 Å². The molecule has 0 aliphatic heterocycles. The van der Waals surface area contributed by atoms with Crippen molar-refractivity contribution in [2.24, 2.45) is 0 Å². The molecule has 2 nitrogen and oxygen atoms in total. The lowest BCUT2D eigenvalue weighted by Crippen LogP contribution is -2.18. The Labute approximate surface area is 96.6 Å². The van der Waals surface area contributed by atoms with E-state index < -0.39 is 0 Å². The van der Waals surface area contributed by atoms with Crippen molar-refractivity contribution < 1.29 is 9.53 Å². The largest absolute Gasteiger partial charge is 0.494 e. The molecule has 0 radical (unpaired) electrons. The normalized spacial score (nSPS) is 16.9. The van der Waals surface area contributed by atoms with Crippen molar-refractivity contribution in [2.45, 2.75) is 39.0 Å². The highest BCUT2D eigenvalue weighted by Gasteiger charge is 2.49. The van der Waals surface area contributed by atoms with Gasteiger partial charge in [0.1, 0.15) is 11.5 Å². The minimum absolute atomic E-state index is 0.172. The first-order valence-electron chi connectivity index (χ1n) is 5.85. The lowest BCUT2D eigenvalue weighted by molar-refractivity contribution is -0.119. The van der Waals surface area contributed by atoms with Crippen LogP contribution in [-0.2, 0) is 10.2 Å². The van der Waals surface area contributed by atoms with Gasteiger partial charge in [0.15, 0.2) is 0 Å². The van der Waals surface area contributed by atoms with Gasteiger partial charge >= 0.3 is 0 Å². The second kappa shape index (κ2) is 3.93. The molecule has 2 rings (SSSR count). The maximum atomic E-state index is 11.7. The van der Waals surface area contributed by atoms with E-state index in [1.807, 2.05) is 19.1 Å². The first-order valence-corrected chi connectivity index (χ1v) is 5.85. The van der Waals surface area contributed by atoms with Crippen molar-refractivity contribution in [3.63, 3.8) is 0 Å². The van der Waals surface area contributed by atoms with Gasteiger partial charge in [0, 0.05) is 0 Å². The topological polar surface area (TPSA) is 26.3 Å². The van der Waals surface area contributed by atoms with E-state index in [2.05, 4.69) is 13.0 Å². The van der Waals surface area contributed by atoms with Gasteiger partial charge in [-0.05, 0) is 56.9 Å². The van der Waals surface area contributed by atoms with Crippen LogP contribution in [0.3, 0.4) is 0 Å². The highest BCUT2D eigenvalue weighted by atomic mass is 16.5. The first kappa shape index (κ1) is 11.2. The van der Waals surface area contributed by atoms with Crippen LogP contribution in [0, 0.1) is 6.92 Å². The predicted octanol–water partition coefficient (Wildman–Crippen LogP) is 3.01. The number of carbonyl (C=O) groups excluding carboxylic acids is 1. The summed E-state index contributed by atoms with van der Waals surface area (Å²) in [7, 11) is 0. The van der Waals surface area contributed by atoms with Gasteiger partial charge in [0.05, 0.1) is 12.0 Å². The molecule has 1 aromatic rings. The SMILES string of the molecule is CCOc1ccc(C2(C(C)=O)CC2)c(C)c1. The average Bonchev–Trinajstić information content (AvgIpc) is 2.99. The Kier molecular flexibility index (Phi) is 2.75. The Hall–Kier alpha value is -1.31. The van der Waals surface area contributed by atoms with Crippen molar-refractivity contribution in [1.82, 2.24) is 0 Å². The molecule has 0 bridgehead atoms. The Morgan fingerprint density at radius 1 is 1.44 bits per heavy atom.